The van der Waals surface area contributed by atoms with Gasteiger partial charge in [-0.1, -0.05) is 38.5 Å². The van der Waals surface area contributed by atoms with Crippen LogP contribution in [0, 0.1) is 18.3 Å². The topological polar surface area (TPSA) is 9.23 Å². The molecule has 0 bridgehead atoms. The second kappa shape index (κ2) is 7.50. The highest BCUT2D eigenvalue weighted by atomic mass is 28.4. The third-order valence-corrected chi connectivity index (χ3v) is 5.19. The summed E-state index contributed by atoms with van der Waals surface area (Å²) in [5.74, 6) is 3.74. The van der Waals surface area contributed by atoms with Crippen molar-refractivity contribution in [3.05, 3.63) is 0 Å². The fourth-order valence-corrected chi connectivity index (χ4v) is 4.95. The predicted molar refractivity (Wildman–Crippen MR) is 86.7 cm³/mol. The minimum absolute atomic E-state index is 0.0917. The summed E-state index contributed by atoms with van der Waals surface area (Å²) in [7, 11) is -1.52. The second-order valence-electron chi connectivity index (χ2n) is 7.44. The first kappa shape index (κ1) is 16.8. The van der Waals surface area contributed by atoms with Crippen LogP contribution >= 0.6 is 0 Å². The molecule has 0 heterocycles. The van der Waals surface area contributed by atoms with Crippen LogP contribution in [0.15, 0.2) is 0 Å². The highest BCUT2D eigenvalue weighted by Crippen LogP contribution is 2.32. The Morgan fingerprint density at radius 2 is 1.74 bits per heavy atom. The van der Waals surface area contributed by atoms with Gasteiger partial charge in [0.15, 0.2) is 8.32 Å². The van der Waals surface area contributed by atoms with Gasteiger partial charge in [-0.05, 0) is 45.3 Å². The summed E-state index contributed by atoms with van der Waals surface area (Å²) in [6.07, 6.45) is 17.3. The molecule has 0 N–H and O–H groups in total. The van der Waals surface area contributed by atoms with Crippen molar-refractivity contribution < 1.29 is 4.43 Å². The first-order chi connectivity index (χ1) is 8.85. The summed E-state index contributed by atoms with van der Waals surface area (Å²) in [6, 6.07) is 0. The Labute approximate surface area is 121 Å². The fourth-order valence-electron chi connectivity index (χ4n) is 3.29. The lowest BCUT2D eigenvalue weighted by Crippen LogP contribution is -2.40. The van der Waals surface area contributed by atoms with Crippen LogP contribution in [0.25, 0.3) is 0 Å². The Balaban J connectivity index is 2.50. The van der Waals surface area contributed by atoms with E-state index in [1.165, 1.54) is 44.9 Å². The molecule has 0 aromatic heterocycles. The molecule has 1 atom stereocenters. The van der Waals surface area contributed by atoms with Crippen molar-refractivity contribution in [3.63, 3.8) is 0 Å². The molecule has 1 saturated carbocycles. The molecule has 0 aliphatic heterocycles. The lowest BCUT2D eigenvalue weighted by Gasteiger charge is -2.36. The van der Waals surface area contributed by atoms with Crippen molar-refractivity contribution in [3.8, 4) is 12.3 Å². The Morgan fingerprint density at radius 1 is 1.16 bits per heavy atom. The Hall–Kier alpha value is -0.263. The van der Waals surface area contributed by atoms with Crippen LogP contribution in [0.5, 0.6) is 0 Å². The van der Waals surface area contributed by atoms with E-state index in [0.29, 0.717) is 0 Å². The molecule has 1 rings (SSSR count). The van der Waals surface area contributed by atoms with Gasteiger partial charge >= 0.3 is 0 Å². The van der Waals surface area contributed by atoms with E-state index in [4.69, 9.17) is 10.8 Å². The SMILES string of the molecule is C#CC[C@@](C)(CCC1CCCCCC1)O[Si](C)(C)C. The first-order valence-electron chi connectivity index (χ1n) is 7.98. The molecule has 19 heavy (non-hydrogen) atoms. The van der Waals surface area contributed by atoms with Crippen LogP contribution in [0.2, 0.25) is 19.6 Å². The van der Waals surface area contributed by atoms with Crippen LogP contribution in [0.3, 0.4) is 0 Å². The van der Waals surface area contributed by atoms with Gasteiger partial charge in [-0.25, -0.2) is 0 Å². The number of terminal acetylenes is 1. The van der Waals surface area contributed by atoms with Crippen LogP contribution in [0.1, 0.15) is 64.7 Å². The third-order valence-electron chi connectivity index (χ3n) is 4.08. The highest BCUT2D eigenvalue weighted by Gasteiger charge is 2.31. The maximum atomic E-state index is 6.38. The second-order valence-corrected chi connectivity index (χ2v) is 11.9. The van der Waals surface area contributed by atoms with Gasteiger partial charge in [0.25, 0.3) is 0 Å². The Kier molecular flexibility index (Phi) is 6.63. The molecule has 0 saturated heterocycles. The van der Waals surface area contributed by atoms with Crippen molar-refractivity contribution in [2.75, 3.05) is 0 Å². The molecular formula is C17H32OSi. The molecule has 2 heteroatoms. The van der Waals surface area contributed by atoms with Gasteiger partial charge in [0.05, 0.1) is 5.60 Å². The van der Waals surface area contributed by atoms with E-state index in [0.717, 1.165) is 18.8 Å². The van der Waals surface area contributed by atoms with Gasteiger partial charge in [0.2, 0.25) is 0 Å². The maximum Gasteiger partial charge on any atom is 0.184 e. The molecule has 0 radical (unpaired) electrons. The van der Waals surface area contributed by atoms with Crippen LogP contribution in [-0.2, 0) is 4.43 Å². The standard InChI is InChI=1S/C17H32OSi/c1-6-14-17(2,18-19(3,4)5)15-13-16-11-9-7-8-10-12-16/h1,16H,7-15H2,2-5H3/t17-/m0/s1. The summed E-state index contributed by atoms with van der Waals surface area (Å²) >= 11 is 0. The molecule has 1 aliphatic rings. The van der Waals surface area contributed by atoms with Gasteiger partial charge in [-0.15, -0.1) is 12.3 Å². The molecule has 110 valence electrons. The normalized spacial score (nSPS) is 21.4. The lowest BCUT2D eigenvalue weighted by molar-refractivity contribution is 0.0677. The van der Waals surface area contributed by atoms with Gasteiger partial charge in [0, 0.05) is 6.42 Å². The average molecular weight is 281 g/mol. The van der Waals surface area contributed by atoms with E-state index in [1.807, 2.05) is 0 Å². The molecule has 0 spiro atoms. The van der Waals surface area contributed by atoms with Crippen LogP contribution in [0.4, 0.5) is 0 Å². The lowest BCUT2D eigenvalue weighted by atomic mass is 9.88. The number of hydrogen-bond donors (Lipinski definition) is 0. The molecule has 0 aromatic carbocycles. The molecule has 1 aliphatic carbocycles. The summed E-state index contributed by atoms with van der Waals surface area (Å²) < 4.78 is 6.38. The van der Waals surface area contributed by atoms with Crippen molar-refractivity contribution in [1.82, 2.24) is 0 Å². The molecular weight excluding hydrogens is 248 g/mol. The van der Waals surface area contributed by atoms with E-state index in [2.05, 4.69) is 32.5 Å². The van der Waals surface area contributed by atoms with Crippen molar-refractivity contribution in [2.24, 2.45) is 5.92 Å². The summed E-state index contributed by atoms with van der Waals surface area (Å²) in [5.41, 5.74) is -0.0917. The minimum atomic E-state index is -1.52. The average Bonchev–Trinajstić information content (AvgIpc) is 2.52. The van der Waals surface area contributed by atoms with Gasteiger partial charge < -0.3 is 4.43 Å². The summed E-state index contributed by atoms with van der Waals surface area (Å²) in [5, 5.41) is 0. The zero-order valence-corrected chi connectivity index (χ0v) is 14.4. The van der Waals surface area contributed by atoms with Crippen LogP contribution in [-0.4, -0.2) is 13.9 Å². The van der Waals surface area contributed by atoms with E-state index < -0.39 is 8.32 Å². The predicted octanol–water partition coefficient (Wildman–Crippen LogP) is 5.37. The molecule has 0 unspecified atom stereocenters. The molecule has 1 fully saturated rings. The summed E-state index contributed by atoms with van der Waals surface area (Å²) in [6.45, 7) is 9.00. The van der Waals surface area contributed by atoms with E-state index in [1.54, 1.807) is 0 Å². The number of hydrogen-bond acceptors (Lipinski definition) is 1. The first-order valence-corrected chi connectivity index (χ1v) is 11.4. The number of rotatable bonds is 6. The van der Waals surface area contributed by atoms with Crippen molar-refractivity contribution in [1.29, 1.82) is 0 Å². The zero-order valence-electron chi connectivity index (χ0n) is 13.4. The summed E-state index contributed by atoms with van der Waals surface area (Å²) in [4.78, 5) is 0. The Morgan fingerprint density at radius 3 is 2.21 bits per heavy atom. The molecule has 0 amide bonds. The maximum absolute atomic E-state index is 6.38. The molecule has 0 aromatic rings. The smallest absolute Gasteiger partial charge is 0.184 e. The van der Waals surface area contributed by atoms with E-state index >= 15 is 0 Å². The van der Waals surface area contributed by atoms with Gasteiger partial charge in [-0.2, -0.15) is 0 Å². The minimum Gasteiger partial charge on any atom is -0.411 e. The van der Waals surface area contributed by atoms with Gasteiger partial charge in [0.1, 0.15) is 0 Å². The Bertz CT molecular complexity index is 291. The highest BCUT2D eigenvalue weighted by molar-refractivity contribution is 6.69. The molecule has 1 nitrogen and oxygen atoms in total. The monoisotopic (exact) mass is 280 g/mol. The quantitative estimate of drug-likeness (QED) is 0.361. The van der Waals surface area contributed by atoms with Crippen molar-refractivity contribution >= 4 is 8.32 Å². The fraction of sp³-hybridized carbons (Fsp3) is 0.882. The van der Waals surface area contributed by atoms with E-state index in [9.17, 15) is 0 Å². The van der Waals surface area contributed by atoms with Crippen LogP contribution < -0.4 is 0 Å². The van der Waals surface area contributed by atoms with E-state index in [-0.39, 0.29) is 5.60 Å². The zero-order chi connectivity index (χ0) is 14.4. The van der Waals surface area contributed by atoms with Gasteiger partial charge in [-0.3, -0.25) is 0 Å². The largest absolute Gasteiger partial charge is 0.411 e. The third kappa shape index (κ3) is 7.18. The van der Waals surface area contributed by atoms with Crippen molar-refractivity contribution in [2.45, 2.75) is 90.0 Å².